The van der Waals surface area contributed by atoms with Crippen molar-refractivity contribution in [1.82, 2.24) is 8.75 Å². The molecule has 1 atom stereocenters. The Hall–Kier alpha value is -3.30. The van der Waals surface area contributed by atoms with Crippen molar-refractivity contribution >= 4 is 40.6 Å². The van der Waals surface area contributed by atoms with Crippen LogP contribution in [0.1, 0.15) is 68.9 Å². The minimum atomic E-state index is -1.83. The monoisotopic (exact) mass is 534 g/mol. The number of benzene rings is 2. The van der Waals surface area contributed by atoms with Crippen molar-refractivity contribution in [3.05, 3.63) is 53.1 Å². The average Bonchev–Trinajstić information content (AvgIpc) is 3.76. The van der Waals surface area contributed by atoms with Crippen molar-refractivity contribution in [1.29, 1.82) is 0 Å². The molecule has 8 nitrogen and oxygen atoms in total. The van der Waals surface area contributed by atoms with E-state index >= 15 is 0 Å². The van der Waals surface area contributed by atoms with Crippen LogP contribution in [0.2, 0.25) is 0 Å². The first-order chi connectivity index (χ1) is 18.5. The Morgan fingerprint density at radius 3 is 2.45 bits per heavy atom. The second kappa shape index (κ2) is 10.5. The first-order valence-corrected chi connectivity index (χ1v) is 14.1. The smallest absolute Gasteiger partial charge is 0.341 e. The number of nitrogens with zero attached hydrogens (tertiary/aromatic N) is 2. The van der Waals surface area contributed by atoms with Crippen molar-refractivity contribution in [2.75, 3.05) is 6.79 Å². The molecule has 38 heavy (non-hydrogen) atoms. The third-order valence-corrected chi connectivity index (χ3v) is 8.58. The fourth-order valence-electron chi connectivity index (χ4n) is 5.95. The highest BCUT2D eigenvalue weighted by Gasteiger charge is 2.49. The van der Waals surface area contributed by atoms with Crippen molar-refractivity contribution in [3.8, 4) is 11.5 Å². The fourth-order valence-corrected chi connectivity index (χ4v) is 6.46. The van der Waals surface area contributed by atoms with Crippen LogP contribution in [-0.4, -0.2) is 32.9 Å². The van der Waals surface area contributed by atoms with E-state index in [9.17, 15) is 14.7 Å². The van der Waals surface area contributed by atoms with Gasteiger partial charge in [-0.1, -0.05) is 44.6 Å². The Bertz CT molecular complexity index is 1390. The van der Waals surface area contributed by atoms with Gasteiger partial charge in [0.05, 0.1) is 17.3 Å². The number of esters is 1. The lowest BCUT2D eigenvalue weighted by molar-refractivity contribution is -0.185. The molecule has 1 aromatic heterocycles. The van der Waals surface area contributed by atoms with Gasteiger partial charge in [-0.25, -0.2) is 4.79 Å². The number of carbonyl (C=O) groups is 2. The van der Waals surface area contributed by atoms with Gasteiger partial charge in [-0.2, -0.15) is 8.75 Å². The normalized spacial score (nSPS) is 23.1. The van der Waals surface area contributed by atoms with Crippen LogP contribution in [0.5, 0.6) is 11.5 Å². The molecule has 2 aliphatic heterocycles. The van der Waals surface area contributed by atoms with Crippen LogP contribution in [0.3, 0.4) is 0 Å². The zero-order chi connectivity index (χ0) is 26.1. The summed E-state index contributed by atoms with van der Waals surface area (Å²) in [5.41, 5.74) is 3.58. The van der Waals surface area contributed by atoms with Crippen LogP contribution < -0.4 is 9.47 Å². The molecular formula is C29H30N2O6S. The summed E-state index contributed by atoms with van der Waals surface area (Å²) in [6.07, 6.45) is 11.0. The van der Waals surface area contributed by atoms with E-state index in [1.165, 1.54) is 25.7 Å². The molecule has 1 N–H and O–H groups in total. The van der Waals surface area contributed by atoms with E-state index in [2.05, 4.69) is 8.75 Å². The van der Waals surface area contributed by atoms with Gasteiger partial charge in [-0.15, -0.1) is 0 Å². The Kier molecular flexibility index (Phi) is 6.88. The van der Waals surface area contributed by atoms with Gasteiger partial charge in [0, 0.05) is 17.1 Å². The molecule has 2 saturated carbocycles. The second-order valence-electron chi connectivity index (χ2n) is 10.5. The summed E-state index contributed by atoms with van der Waals surface area (Å²) >= 11 is 1.11. The lowest BCUT2D eigenvalue weighted by Gasteiger charge is -2.27. The van der Waals surface area contributed by atoms with Gasteiger partial charge >= 0.3 is 5.97 Å². The summed E-state index contributed by atoms with van der Waals surface area (Å²) in [4.78, 5) is 23.1. The van der Waals surface area contributed by atoms with Crippen molar-refractivity contribution in [2.45, 2.75) is 63.6 Å². The lowest BCUT2D eigenvalue weighted by atomic mass is 9.85. The third-order valence-electron chi connectivity index (χ3n) is 8.02. The van der Waals surface area contributed by atoms with Crippen LogP contribution in [0, 0.1) is 11.8 Å². The molecule has 2 aliphatic carbocycles. The van der Waals surface area contributed by atoms with E-state index in [-0.39, 0.29) is 6.79 Å². The average molecular weight is 535 g/mol. The zero-order valence-electron chi connectivity index (χ0n) is 21.1. The van der Waals surface area contributed by atoms with Crippen molar-refractivity contribution < 1.29 is 28.9 Å². The Morgan fingerprint density at radius 1 is 0.947 bits per heavy atom. The van der Waals surface area contributed by atoms with Crippen LogP contribution in [0.4, 0.5) is 0 Å². The van der Waals surface area contributed by atoms with Gasteiger partial charge in [0.1, 0.15) is 17.3 Å². The molecule has 1 unspecified atom stereocenters. The molecule has 4 aliphatic rings. The zero-order valence-corrected chi connectivity index (χ0v) is 21.9. The van der Waals surface area contributed by atoms with E-state index in [0.29, 0.717) is 57.5 Å². The number of cyclic esters (lactones) is 1. The summed E-state index contributed by atoms with van der Waals surface area (Å²) in [5.74, 6) is -0.313. The molecule has 0 spiro atoms. The number of ether oxygens (including phenoxy) is 3. The molecule has 0 radical (unpaired) electrons. The molecule has 2 fully saturated rings. The highest BCUT2D eigenvalue weighted by molar-refractivity contribution is 7.00. The van der Waals surface area contributed by atoms with E-state index in [1.54, 1.807) is 30.3 Å². The van der Waals surface area contributed by atoms with E-state index in [4.69, 9.17) is 14.2 Å². The molecule has 0 saturated heterocycles. The number of hydrogen-bond donors (Lipinski definition) is 1. The number of fused-ring (bicyclic) bond motifs is 2. The largest absolute Gasteiger partial charge is 0.454 e. The predicted octanol–water partition coefficient (Wildman–Crippen LogP) is 5.53. The molecule has 9 heteroatoms. The minimum absolute atomic E-state index is 0.156. The highest BCUT2D eigenvalue weighted by atomic mass is 32.1. The van der Waals surface area contributed by atoms with Gasteiger partial charge in [0.2, 0.25) is 6.79 Å². The highest BCUT2D eigenvalue weighted by Crippen LogP contribution is 2.49. The third kappa shape index (κ3) is 4.69. The van der Waals surface area contributed by atoms with E-state index in [1.807, 2.05) is 6.07 Å². The molecule has 0 bridgehead atoms. The maximum Gasteiger partial charge on any atom is 0.341 e. The lowest BCUT2D eigenvalue weighted by Crippen LogP contribution is -2.29. The molecule has 0 amide bonds. The molecular weight excluding hydrogens is 504 g/mol. The topological polar surface area (TPSA) is 108 Å². The van der Waals surface area contributed by atoms with E-state index in [0.717, 1.165) is 49.2 Å². The molecule has 3 heterocycles. The molecule has 3 aromatic rings. The number of aliphatic hydroxyl groups is 1. The Morgan fingerprint density at radius 2 is 1.68 bits per heavy atom. The maximum absolute atomic E-state index is 13.1. The molecule has 198 valence electrons. The van der Waals surface area contributed by atoms with Gasteiger partial charge in [0.25, 0.3) is 5.79 Å². The second-order valence-corrected chi connectivity index (χ2v) is 11.0. The number of aromatic nitrogens is 2. The van der Waals surface area contributed by atoms with E-state index < -0.39 is 11.8 Å². The molecule has 7 rings (SSSR count). The van der Waals surface area contributed by atoms with Crippen LogP contribution in [0.15, 0.2) is 42.0 Å². The molecule has 2 aromatic carbocycles. The minimum Gasteiger partial charge on any atom is -0.454 e. The van der Waals surface area contributed by atoms with Crippen LogP contribution >= 0.6 is 11.7 Å². The summed E-state index contributed by atoms with van der Waals surface area (Å²) in [7, 11) is 0. The first kappa shape index (κ1) is 25.0. The number of carbonyl (C=O) groups excluding carboxylic acids is 2. The van der Waals surface area contributed by atoms with Gasteiger partial charge in [-0.3, -0.25) is 0 Å². The van der Waals surface area contributed by atoms with Crippen LogP contribution in [-0.2, 0) is 20.1 Å². The van der Waals surface area contributed by atoms with Gasteiger partial charge < -0.3 is 24.1 Å². The SMILES string of the molecule is O=C1OC(O)(c2ccc3nsnc3c2)C(CC2CCCC2)=C1c1ccc2c(c1)OCO2.O=CC1CCCC1. The van der Waals surface area contributed by atoms with Gasteiger partial charge in [-0.05, 0) is 61.1 Å². The Balaban J connectivity index is 0.000000330. The van der Waals surface area contributed by atoms with Crippen molar-refractivity contribution in [2.24, 2.45) is 11.8 Å². The number of hydrogen-bond acceptors (Lipinski definition) is 9. The summed E-state index contributed by atoms with van der Waals surface area (Å²) in [6, 6.07) is 10.7. The Labute approximate surface area is 224 Å². The van der Waals surface area contributed by atoms with Gasteiger partial charge in [0.15, 0.2) is 11.5 Å². The predicted molar refractivity (Wildman–Crippen MR) is 141 cm³/mol. The fraction of sp³-hybridized carbons (Fsp3) is 0.448. The standard InChI is InChI=1S/C23H20N2O5S.C6H10O/c26-22-21(14-5-8-19-20(10-14)29-12-28-19)16(9-13-3-1-2-4-13)23(27,30-22)15-6-7-17-18(11-15)25-31-24-17;7-5-6-3-1-2-4-6/h5-8,10-11,13,27H,1-4,9,12H2;5-6H,1-4H2. The quantitative estimate of drug-likeness (QED) is 0.336. The van der Waals surface area contributed by atoms with Crippen molar-refractivity contribution in [3.63, 3.8) is 0 Å². The maximum atomic E-state index is 13.1. The summed E-state index contributed by atoms with van der Waals surface area (Å²) < 4.78 is 25.1. The number of rotatable bonds is 5. The van der Waals surface area contributed by atoms with Crippen LogP contribution in [0.25, 0.3) is 16.6 Å². The first-order valence-electron chi connectivity index (χ1n) is 13.3. The number of aldehydes is 1. The summed E-state index contributed by atoms with van der Waals surface area (Å²) in [5, 5.41) is 11.8. The summed E-state index contributed by atoms with van der Waals surface area (Å²) in [6.45, 7) is 0.156.